The van der Waals surface area contributed by atoms with Crippen LogP contribution in [0.1, 0.15) is 45.3 Å². The largest absolute Gasteiger partial charge is 0.365 e. The molecule has 7 nitrogen and oxygen atoms in total. The lowest BCUT2D eigenvalue weighted by Crippen LogP contribution is -2.32. The standard InChI is InChI=1S/C23H24N6O/c1-15-10-25-20(11-24-15)23(30)29-12-18(16-6-3-2-4-7-16)21(13-29)28-22-17-8-5-9-19(17)26-14-27-22/h2-4,6-7,10-11,14,18,21H,5,8-9,12-13H2,1H3,(H,26,27,28)/t18-,21+/m0/s1. The number of amides is 1. The minimum atomic E-state index is -0.0827. The molecule has 1 aliphatic heterocycles. The number of nitrogens with one attached hydrogen (secondary N) is 1. The van der Waals surface area contributed by atoms with Gasteiger partial charge in [-0.3, -0.25) is 9.78 Å². The molecule has 30 heavy (non-hydrogen) atoms. The van der Waals surface area contributed by atoms with Gasteiger partial charge in [0.15, 0.2) is 0 Å². The third kappa shape index (κ3) is 3.51. The van der Waals surface area contributed by atoms with Crippen LogP contribution in [0.2, 0.25) is 0 Å². The van der Waals surface area contributed by atoms with Gasteiger partial charge in [0.2, 0.25) is 0 Å². The number of carbonyl (C=O) groups is 1. The number of carbonyl (C=O) groups excluding carboxylic acids is 1. The van der Waals surface area contributed by atoms with E-state index >= 15 is 0 Å². The lowest BCUT2D eigenvalue weighted by atomic mass is 9.94. The van der Waals surface area contributed by atoms with Gasteiger partial charge in [0.25, 0.3) is 5.91 Å². The van der Waals surface area contributed by atoms with E-state index < -0.39 is 0 Å². The molecule has 0 radical (unpaired) electrons. The minimum absolute atomic E-state index is 0.0642. The van der Waals surface area contributed by atoms with E-state index in [1.54, 1.807) is 18.7 Å². The summed E-state index contributed by atoms with van der Waals surface area (Å²) >= 11 is 0. The maximum absolute atomic E-state index is 13.1. The molecule has 1 amide bonds. The molecule has 1 aliphatic carbocycles. The minimum Gasteiger partial charge on any atom is -0.365 e. The first-order chi connectivity index (χ1) is 14.7. The summed E-state index contributed by atoms with van der Waals surface area (Å²) in [7, 11) is 0. The molecular weight excluding hydrogens is 376 g/mol. The van der Waals surface area contributed by atoms with Crippen LogP contribution < -0.4 is 5.32 Å². The van der Waals surface area contributed by atoms with Gasteiger partial charge < -0.3 is 10.2 Å². The van der Waals surface area contributed by atoms with Crippen molar-refractivity contribution in [3.8, 4) is 0 Å². The van der Waals surface area contributed by atoms with Gasteiger partial charge in [-0.2, -0.15) is 0 Å². The number of hydrogen-bond acceptors (Lipinski definition) is 6. The van der Waals surface area contributed by atoms with Crippen LogP contribution in [0.3, 0.4) is 0 Å². The van der Waals surface area contributed by atoms with Gasteiger partial charge in [-0.05, 0) is 31.7 Å². The van der Waals surface area contributed by atoms with Gasteiger partial charge in [0, 0.05) is 36.5 Å². The summed E-state index contributed by atoms with van der Waals surface area (Å²) in [6, 6.07) is 10.4. The average molecular weight is 400 g/mol. The summed E-state index contributed by atoms with van der Waals surface area (Å²) in [5.41, 5.74) is 4.76. The van der Waals surface area contributed by atoms with Crippen LogP contribution >= 0.6 is 0 Å². The molecule has 1 aromatic carbocycles. The third-order valence-electron chi connectivity index (χ3n) is 6.03. The SMILES string of the molecule is Cc1cnc(C(=O)N2C[C@@H](Nc3ncnc4c3CCC4)[C@H](c3ccccc3)C2)cn1. The monoisotopic (exact) mass is 400 g/mol. The highest BCUT2D eigenvalue weighted by Gasteiger charge is 2.37. The number of rotatable bonds is 4. The lowest BCUT2D eigenvalue weighted by Gasteiger charge is -2.21. The van der Waals surface area contributed by atoms with Crippen molar-refractivity contribution in [3.63, 3.8) is 0 Å². The molecule has 2 atom stereocenters. The predicted octanol–water partition coefficient (Wildman–Crippen LogP) is 2.78. The first-order valence-corrected chi connectivity index (χ1v) is 10.4. The topological polar surface area (TPSA) is 83.9 Å². The van der Waals surface area contributed by atoms with Crippen LogP contribution in [0.25, 0.3) is 0 Å². The molecule has 7 heteroatoms. The molecule has 0 bridgehead atoms. The maximum Gasteiger partial charge on any atom is 0.274 e. The molecule has 1 fully saturated rings. The van der Waals surface area contributed by atoms with Crippen LogP contribution in [0.5, 0.6) is 0 Å². The summed E-state index contributed by atoms with van der Waals surface area (Å²) in [5, 5.41) is 3.65. The Morgan fingerprint density at radius 3 is 2.70 bits per heavy atom. The zero-order valence-corrected chi connectivity index (χ0v) is 17.0. The molecule has 0 saturated carbocycles. The van der Waals surface area contributed by atoms with Crippen molar-refractivity contribution < 1.29 is 4.79 Å². The number of fused-ring (bicyclic) bond motifs is 1. The van der Waals surface area contributed by atoms with E-state index in [-0.39, 0.29) is 17.9 Å². The Kier molecular flexibility index (Phi) is 4.86. The smallest absolute Gasteiger partial charge is 0.274 e. The van der Waals surface area contributed by atoms with Crippen molar-refractivity contribution in [2.45, 2.75) is 38.1 Å². The molecule has 1 saturated heterocycles. The highest BCUT2D eigenvalue weighted by atomic mass is 16.2. The molecule has 1 N–H and O–H groups in total. The van der Waals surface area contributed by atoms with E-state index in [9.17, 15) is 4.79 Å². The second kappa shape index (κ2) is 7.82. The number of likely N-dealkylation sites (tertiary alicyclic amines) is 1. The van der Waals surface area contributed by atoms with Gasteiger partial charge in [-0.1, -0.05) is 30.3 Å². The Morgan fingerprint density at radius 1 is 1.03 bits per heavy atom. The fourth-order valence-electron chi connectivity index (χ4n) is 4.48. The summed E-state index contributed by atoms with van der Waals surface area (Å²) in [5.74, 6) is 0.995. The van der Waals surface area contributed by atoms with Crippen molar-refractivity contribution in [1.82, 2.24) is 24.8 Å². The number of aromatic nitrogens is 4. The van der Waals surface area contributed by atoms with E-state index in [0.717, 1.165) is 36.5 Å². The third-order valence-corrected chi connectivity index (χ3v) is 6.03. The molecular formula is C23H24N6O. The summed E-state index contributed by atoms with van der Waals surface area (Å²) in [6.07, 6.45) is 7.97. The fraction of sp³-hybridized carbons (Fsp3) is 0.348. The van der Waals surface area contributed by atoms with Crippen molar-refractivity contribution in [2.24, 2.45) is 0 Å². The first kappa shape index (κ1) is 18.7. The van der Waals surface area contributed by atoms with Crippen molar-refractivity contribution in [3.05, 3.63) is 77.3 Å². The number of hydrogen-bond donors (Lipinski definition) is 1. The molecule has 0 unspecified atom stereocenters. The second-order valence-corrected chi connectivity index (χ2v) is 8.02. The molecule has 0 spiro atoms. The molecule has 2 aliphatic rings. The molecule has 5 rings (SSSR count). The highest BCUT2D eigenvalue weighted by molar-refractivity contribution is 5.92. The Morgan fingerprint density at radius 2 is 1.90 bits per heavy atom. The van der Waals surface area contributed by atoms with Gasteiger partial charge in [0.1, 0.15) is 17.8 Å². The zero-order valence-electron chi connectivity index (χ0n) is 17.0. The van der Waals surface area contributed by atoms with Crippen molar-refractivity contribution >= 4 is 11.7 Å². The van der Waals surface area contributed by atoms with Crippen molar-refractivity contribution in [1.29, 1.82) is 0 Å². The Balaban J connectivity index is 1.43. The van der Waals surface area contributed by atoms with Crippen LogP contribution in [-0.2, 0) is 12.8 Å². The Labute approximate surface area is 175 Å². The van der Waals surface area contributed by atoms with Gasteiger partial charge >= 0.3 is 0 Å². The van der Waals surface area contributed by atoms with Gasteiger partial charge in [0.05, 0.1) is 17.9 Å². The van der Waals surface area contributed by atoms with Gasteiger partial charge in [-0.15, -0.1) is 0 Å². The number of anilines is 1. The number of benzene rings is 1. The summed E-state index contributed by atoms with van der Waals surface area (Å²) < 4.78 is 0. The molecule has 3 aromatic rings. The first-order valence-electron chi connectivity index (χ1n) is 10.4. The summed E-state index contributed by atoms with van der Waals surface area (Å²) in [4.78, 5) is 32.4. The molecule has 152 valence electrons. The predicted molar refractivity (Wildman–Crippen MR) is 113 cm³/mol. The van der Waals surface area contributed by atoms with E-state index in [4.69, 9.17) is 0 Å². The van der Waals surface area contributed by atoms with E-state index in [1.807, 2.05) is 30.0 Å². The van der Waals surface area contributed by atoms with Crippen LogP contribution in [0.4, 0.5) is 5.82 Å². The van der Waals surface area contributed by atoms with Crippen LogP contribution in [-0.4, -0.2) is 49.9 Å². The zero-order chi connectivity index (χ0) is 20.5. The van der Waals surface area contributed by atoms with E-state index in [1.165, 1.54) is 11.1 Å². The number of nitrogens with zero attached hydrogens (tertiary/aromatic N) is 5. The normalized spacial score (nSPS) is 20.2. The van der Waals surface area contributed by atoms with Gasteiger partial charge in [-0.25, -0.2) is 15.0 Å². The van der Waals surface area contributed by atoms with Crippen LogP contribution in [0.15, 0.2) is 49.1 Å². The average Bonchev–Trinajstić information content (AvgIpc) is 3.42. The maximum atomic E-state index is 13.1. The van der Waals surface area contributed by atoms with E-state index in [2.05, 4.69) is 37.4 Å². The second-order valence-electron chi connectivity index (χ2n) is 8.02. The quantitative estimate of drug-likeness (QED) is 0.725. The lowest BCUT2D eigenvalue weighted by molar-refractivity contribution is 0.0783. The Bertz CT molecular complexity index is 1050. The van der Waals surface area contributed by atoms with Crippen molar-refractivity contribution in [2.75, 3.05) is 18.4 Å². The fourth-order valence-corrected chi connectivity index (χ4v) is 4.48. The summed E-state index contributed by atoms with van der Waals surface area (Å²) in [6.45, 7) is 3.08. The van der Waals surface area contributed by atoms with Crippen LogP contribution in [0, 0.1) is 6.92 Å². The number of aryl methyl sites for hydroxylation is 2. The van der Waals surface area contributed by atoms with E-state index in [0.29, 0.717) is 18.8 Å². The molecule has 2 aromatic heterocycles. The highest BCUT2D eigenvalue weighted by Crippen LogP contribution is 2.33. The Hall–Kier alpha value is -3.35. The molecule has 3 heterocycles.